The molecule has 2 aliphatic rings. The van der Waals surface area contributed by atoms with Crippen molar-refractivity contribution in [3.05, 3.63) is 35.4 Å². The highest BCUT2D eigenvalue weighted by Crippen LogP contribution is 2.26. The predicted octanol–water partition coefficient (Wildman–Crippen LogP) is 2.67. The lowest BCUT2D eigenvalue weighted by Gasteiger charge is -2.35. The number of nitrogens with one attached hydrogen (secondary N) is 2. The SMILES string of the molecule is CCNC(=NCCS(=O)(=O)NCC1CCC1)N1CCOC(c2ccccc2C)C1.I. The Morgan fingerprint density at radius 1 is 1.30 bits per heavy atom. The molecule has 2 fully saturated rings. The molecule has 2 N–H and O–H groups in total. The molecule has 9 heteroatoms. The third-order valence-corrected chi connectivity index (χ3v) is 7.00. The second kappa shape index (κ2) is 12.2. The van der Waals surface area contributed by atoms with E-state index in [2.05, 4.69) is 39.0 Å². The molecule has 7 nitrogen and oxygen atoms in total. The summed E-state index contributed by atoms with van der Waals surface area (Å²) in [6, 6.07) is 8.27. The van der Waals surface area contributed by atoms with Crippen LogP contribution in [0.2, 0.25) is 0 Å². The Kier molecular flexibility index (Phi) is 10.3. The summed E-state index contributed by atoms with van der Waals surface area (Å²) in [6.45, 7) is 7.71. The molecule has 1 heterocycles. The Labute approximate surface area is 198 Å². The Bertz CT molecular complexity index is 799. The van der Waals surface area contributed by atoms with E-state index in [1.165, 1.54) is 17.5 Å². The molecule has 1 unspecified atom stereocenters. The van der Waals surface area contributed by atoms with Crippen LogP contribution in [0.15, 0.2) is 29.3 Å². The van der Waals surface area contributed by atoms with Gasteiger partial charge in [0.2, 0.25) is 10.0 Å². The van der Waals surface area contributed by atoms with Crippen LogP contribution in [-0.2, 0) is 14.8 Å². The number of hydrogen-bond donors (Lipinski definition) is 2. The second-order valence-electron chi connectivity index (χ2n) is 7.86. The first kappa shape index (κ1) is 25.4. The number of ether oxygens (including phenoxy) is 1. The van der Waals surface area contributed by atoms with E-state index in [0.29, 0.717) is 25.6 Å². The topological polar surface area (TPSA) is 83.0 Å². The van der Waals surface area contributed by atoms with Gasteiger partial charge in [-0.15, -0.1) is 24.0 Å². The molecule has 0 amide bonds. The molecule has 0 bridgehead atoms. The standard InChI is InChI=1S/C21H34N4O3S.HI/c1-3-22-21(23-11-14-29(26,27)24-15-18-8-6-9-18)25-12-13-28-20(16-25)19-10-5-4-7-17(19)2;/h4-5,7,10,18,20,24H,3,6,8-9,11-16H2,1-2H3,(H,22,23);1H. The summed E-state index contributed by atoms with van der Waals surface area (Å²) >= 11 is 0. The second-order valence-corrected chi connectivity index (χ2v) is 9.79. The lowest BCUT2D eigenvalue weighted by Crippen LogP contribution is -2.48. The van der Waals surface area contributed by atoms with Crippen LogP contribution in [-0.4, -0.2) is 64.4 Å². The van der Waals surface area contributed by atoms with Gasteiger partial charge in [-0.05, 0) is 43.7 Å². The van der Waals surface area contributed by atoms with Gasteiger partial charge in [0.1, 0.15) is 6.10 Å². The molecule has 30 heavy (non-hydrogen) atoms. The third-order valence-electron chi connectivity index (χ3n) is 5.67. The van der Waals surface area contributed by atoms with Crippen molar-refractivity contribution in [1.82, 2.24) is 14.9 Å². The third kappa shape index (κ3) is 7.35. The minimum atomic E-state index is -3.28. The van der Waals surface area contributed by atoms with Crippen molar-refractivity contribution in [2.75, 3.05) is 45.1 Å². The summed E-state index contributed by atoms with van der Waals surface area (Å²) in [6.07, 6.45) is 3.46. The van der Waals surface area contributed by atoms with Crippen molar-refractivity contribution < 1.29 is 13.2 Å². The van der Waals surface area contributed by atoms with Gasteiger partial charge >= 0.3 is 0 Å². The molecule has 170 valence electrons. The number of rotatable bonds is 8. The van der Waals surface area contributed by atoms with Gasteiger partial charge in [0.15, 0.2) is 5.96 Å². The zero-order chi connectivity index (χ0) is 20.7. The van der Waals surface area contributed by atoms with Crippen molar-refractivity contribution in [1.29, 1.82) is 0 Å². The first-order valence-corrected chi connectivity index (χ1v) is 12.3. The van der Waals surface area contributed by atoms with Gasteiger partial charge in [0, 0.05) is 19.6 Å². The van der Waals surface area contributed by atoms with E-state index in [1.54, 1.807) is 0 Å². The number of morpholine rings is 1. The van der Waals surface area contributed by atoms with E-state index >= 15 is 0 Å². The number of aliphatic imine (C=N–C) groups is 1. The summed E-state index contributed by atoms with van der Waals surface area (Å²) in [5, 5.41) is 3.30. The van der Waals surface area contributed by atoms with Gasteiger partial charge in [-0.1, -0.05) is 30.7 Å². The van der Waals surface area contributed by atoms with E-state index in [-0.39, 0.29) is 42.4 Å². The highest BCUT2D eigenvalue weighted by atomic mass is 127. The van der Waals surface area contributed by atoms with Crippen molar-refractivity contribution in [2.45, 2.75) is 39.2 Å². The number of sulfonamides is 1. The highest BCUT2D eigenvalue weighted by Gasteiger charge is 2.25. The first-order valence-electron chi connectivity index (χ1n) is 10.7. The van der Waals surface area contributed by atoms with Gasteiger partial charge in [0.25, 0.3) is 0 Å². The van der Waals surface area contributed by atoms with E-state index in [0.717, 1.165) is 31.9 Å². The zero-order valence-electron chi connectivity index (χ0n) is 18.0. The van der Waals surface area contributed by atoms with Gasteiger partial charge < -0.3 is 15.0 Å². The van der Waals surface area contributed by atoms with Crippen molar-refractivity contribution in [3.63, 3.8) is 0 Å². The van der Waals surface area contributed by atoms with Crippen molar-refractivity contribution in [2.24, 2.45) is 10.9 Å². The molecule has 0 aromatic heterocycles. The fourth-order valence-corrected chi connectivity index (χ4v) is 4.65. The number of hydrogen-bond acceptors (Lipinski definition) is 4. The number of aryl methyl sites for hydroxylation is 1. The largest absolute Gasteiger partial charge is 0.370 e. The van der Waals surface area contributed by atoms with Gasteiger partial charge in [-0.25, -0.2) is 13.1 Å². The van der Waals surface area contributed by atoms with Crippen LogP contribution in [0.25, 0.3) is 0 Å². The zero-order valence-corrected chi connectivity index (χ0v) is 21.1. The van der Waals surface area contributed by atoms with Gasteiger partial charge in [-0.3, -0.25) is 4.99 Å². The predicted molar refractivity (Wildman–Crippen MR) is 132 cm³/mol. The average molecular weight is 551 g/mol. The van der Waals surface area contributed by atoms with Crippen LogP contribution >= 0.6 is 24.0 Å². The molecule has 3 rings (SSSR count). The molecule has 1 saturated carbocycles. The quantitative estimate of drug-likeness (QED) is 0.296. The van der Waals surface area contributed by atoms with Crippen LogP contribution in [0.1, 0.15) is 43.4 Å². The Morgan fingerprint density at radius 3 is 2.73 bits per heavy atom. The molecule has 1 aliphatic carbocycles. The molecule has 0 spiro atoms. The van der Waals surface area contributed by atoms with Crippen LogP contribution in [0.5, 0.6) is 0 Å². The maximum absolute atomic E-state index is 12.2. The summed E-state index contributed by atoms with van der Waals surface area (Å²) in [4.78, 5) is 6.76. The molecule has 1 saturated heterocycles. The molecule has 0 radical (unpaired) electrons. The minimum absolute atomic E-state index is 0. The molecular weight excluding hydrogens is 515 g/mol. The van der Waals surface area contributed by atoms with Crippen LogP contribution in [0, 0.1) is 12.8 Å². The number of halogens is 1. The Morgan fingerprint density at radius 2 is 2.07 bits per heavy atom. The monoisotopic (exact) mass is 550 g/mol. The van der Waals surface area contributed by atoms with Crippen molar-refractivity contribution >= 4 is 40.0 Å². The molecule has 1 atom stereocenters. The smallest absolute Gasteiger partial charge is 0.213 e. The van der Waals surface area contributed by atoms with Crippen molar-refractivity contribution in [3.8, 4) is 0 Å². The Balaban J connectivity index is 0.00000320. The summed E-state index contributed by atoms with van der Waals surface area (Å²) in [5.74, 6) is 1.28. The van der Waals surface area contributed by atoms with Crippen LogP contribution in [0.4, 0.5) is 0 Å². The number of benzene rings is 1. The van der Waals surface area contributed by atoms with E-state index < -0.39 is 10.0 Å². The Hall–Kier alpha value is -0.910. The lowest BCUT2D eigenvalue weighted by atomic mass is 9.86. The molecule has 1 aromatic rings. The fourth-order valence-electron chi connectivity index (χ4n) is 3.69. The number of nitrogens with zero attached hydrogens (tertiary/aromatic N) is 2. The molecule has 1 aliphatic heterocycles. The maximum atomic E-state index is 12.2. The first-order chi connectivity index (χ1) is 14.0. The maximum Gasteiger partial charge on any atom is 0.213 e. The summed E-state index contributed by atoms with van der Waals surface area (Å²) < 4.78 is 33.2. The van der Waals surface area contributed by atoms with E-state index in [9.17, 15) is 8.42 Å². The average Bonchev–Trinajstić information content (AvgIpc) is 2.66. The summed E-state index contributed by atoms with van der Waals surface area (Å²) in [7, 11) is -3.28. The van der Waals surface area contributed by atoms with Crippen LogP contribution in [0.3, 0.4) is 0 Å². The van der Waals surface area contributed by atoms with Crippen LogP contribution < -0.4 is 10.0 Å². The lowest BCUT2D eigenvalue weighted by molar-refractivity contribution is -0.00831. The fraction of sp³-hybridized carbons (Fsp3) is 0.667. The molecular formula is C21H35IN4O3S. The normalized spacial score (nSPS) is 20.4. The number of guanidine groups is 1. The minimum Gasteiger partial charge on any atom is -0.370 e. The van der Waals surface area contributed by atoms with Gasteiger partial charge in [0.05, 0.1) is 25.4 Å². The summed E-state index contributed by atoms with van der Waals surface area (Å²) in [5.41, 5.74) is 2.40. The van der Waals surface area contributed by atoms with Gasteiger partial charge in [-0.2, -0.15) is 0 Å². The molecule has 1 aromatic carbocycles. The highest BCUT2D eigenvalue weighted by molar-refractivity contribution is 14.0. The van der Waals surface area contributed by atoms with E-state index in [1.807, 2.05) is 19.1 Å². The van der Waals surface area contributed by atoms with E-state index in [4.69, 9.17) is 4.74 Å².